The van der Waals surface area contributed by atoms with E-state index in [0.29, 0.717) is 23.7 Å². The van der Waals surface area contributed by atoms with Crippen LogP contribution in [0.5, 0.6) is 0 Å². The zero-order valence-electron chi connectivity index (χ0n) is 15.2. The highest BCUT2D eigenvalue weighted by molar-refractivity contribution is 5.80. The van der Waals surface area contributed by atoms with E-state index in [4.69, 9.17) is 9.47 Å². The van der Waals surface area contributed by atoms with Gasteiger partial charge >= 0.3 is 0 Å². The summed E-state index contributed by atoms with van der Waals surface area (Å²) in [4.78, 5) is 15.1. The smallest absolute Gasteiger partial charge is 0.227 e. The molecule has 0 radical (unpaired) electrons. The van der Waals surface area contributed by atoms with E-state index in [9.17, 15) is 4.79 Å². The second-order valence-electron chi connectivity index (χ2n) is 9.04. The third-order valence-corrected chi connectivity index (χ3v) is 6.95. The molecule has 1 saturated carbocycles. The quantitative estimate of drug-likeness (QED) is 0.782. The Kier molecular flexibility index (Phi) is 3.42. The summed E-state index contributed by atoms with van der Waals surface area (Å²) >= 11 is 0. The van der Waals surface area contributed by atoms with E-state index in [0.717, 1.165) is 19.4 Å². The number of rotatable bonds is 2. The molecule has 23 heavy (non-hydrogen) atoms. The predicted octanol–water partition coefficient (Wildman–Crippen LogP) is 3.40. The van der Waals surface area contributed by atoms with E-state index in [-0.39, 0.29) is 23.7 Å². The molecule has 2 bridgehead atoms. The molecule has 3 heterocycles. The van der Waals surface area contributed by atoms with Gasteiger partial charge in [0.15, 0.2) is 12.0 Å². The molecule has 4 heteroatoms. The minimum Gasteiger partial charge on any atom is -0.338 e. The average Bonchev–Trinajstić information content (AvgIpc) is 2.70. The zero-order chi connectivity index (χ0) is 16.6. The summed E-state index contributed by atoms with van der Waals surface area (Å²) in [6.07, 6.45) is 4.24. The minimum atomic E-state index is -0.504. The van der Waals surface area contributed by atoms with Crippen molar-refractivity contribution in [1.82, 2.24) is 4.90 Å². The maximum atomic E-state index is 13.1. The molecule has 0 N–H and O–H groups in total. The van der Waals surface area contributed by atoms with E-state index < -0.39 is 5.79 Å². The van der Waals surface area contributed by atoms with Gasteiger partial charge < -0.3 is 14.4 Å². The fraction of sp³-hybridized carbons (Fsp3) is 0.947. The maximum absolute atomic E-state index is 13.1. The Morgan fingerprint density at radius 3 is 2.65 bits per heavy atom. The number of nitrogens with zero attached hydrogens (tertiary/aromatic N) is 1. The summed E-state index contributed by atoms with van der Waals surface area (Å²) in [7, 11) is 0. The molecular weight excluding hydrogens is 290 g/mol. The lowest BCUT2D eigenvalue weighted by molar-refractivity contribution is -0.254. The van der Waals surface area contributed by atoms with Crippen molar-refractivity contribution in [2.24, 2.45) is 29.6 Å². The van der Waals surface area contributed by atoms with Crippen LogP contribution in [-0.2, 0) is 14.3 Å². The summed E-state index contributed by atoms with van der Waals surface area (Å²) < 4.78 is 13.2. The molecule has 0 aromatic heterocycles. The molecule has 1 spiro atoms. The van der Waals surface area contributed by atoms with Gasteiger partial charge in [-0.05, 0) is 43.9 Å². The Hall–Kier alpha value is -0.610. The zero-order valence-corrected chi connectivity index (χ0v) is 15.2. The summed E-state index contributed by atoms with van der Waals surface area (Å²) in [6, 6.07) is 0. The van der Waals surface area contributed by atoms with Gasteiger partial charge in [0, 0.05) is 24.8 Å². The van der Waals surface area contributed by atoms with Crippen molar-refractivity contribution in [3.63, 3.8) is 0 Å². The first-order chi connectivity index (χ1) is 10.8. The molecule has 1 aliphatic carbocycles. The van der Waals surface area contributed by atoms with Crippen LogP contribution in [0.2, 0.25) is 0 Å². The fourth-order valence-electron chi connectivity index (χ4n) is 6.00. The second-order valence-corrected chi connectivity index (χ2v) is 9.04. The number of hydrogen-bond acceptors (Lipinski definition) is 3. The van der Waals surface area contributed by atoms with Gasteiger partial charge in [-0.2, -0.15) is 0 Å². The Labute approximate surface area is 139 Å². The topological polar surface area (TPSA) is 38.8 Å². The van der Waals surface area contributed by atoms with Gasteiger partial charge in [-0.25, -0.2) is 0 Å². The first-order valence-corrected chi connectivity index (χ1v) is 9.47. The largest absolute Gasteiger partial charge is 0.338 e. The lowest BCUT2D eigenvalue weighted by Crippen LogP contribution is -2.70. The highest BCUT2D eigenvalue weighted by Crippen LogP contribution is 2.63. The lowest BCUT2D eigenvalue weighted by Gasteiger charge is -2.59. The van der Waals surface area contributed by atoms with Crippen molar-refractivity contribution in [3.8, 4) is 0 Å². The molecule has 4 nitrogen and oxygen atoms in total. The van der Waals surface area contributed by atoms with Crippen LogP contribution in [0.4, 0.5) is 0 Å². The lowest BCUT2D eigenvalue weighted by atomic mass is 9.56. The number of fused-ring (bicyclic) bond motifs is 1. The van der Waals surface area contributed by atoms with Crippen molar-refractivity contribution in [2.45, 2.75) is 77.9 Å². The molecular formula is C19H31NO3. The standard InChI is InChI=1S/C19H31NO3/c1-11(2)10-20-16(21)13(4)15-7-6-12(3)14-8-9-18(5)22-17(20)19(14,15)23-18/h11-15,17H,6-10H2,1-5H3/t12-,13-,14+,15+,17-,18-,19-/m1/s1. The van der Waals surface area contributed by atoms with E-state index in [1.807, 2.05) is 4.90 Å². The van der Waals surface area contributed by atoms with Crippen LogP contribution in [0.25, 0.3) is 0 Å². The first kappa shape index (κ1) is 15.9. The molecule has 7 atom stereocenters. The summed E-state index contributed by atoms with van der Waals surface area (Å²) in [5.74, 6) is 1.74. The summed E-state index contributed by atoms with van der Waals surface area (Å²) in [6.45, 7) is 11.7. The Bertz CT molecular complexity index is 521. The fourth-order valence-corrected chi connectivity index (χ4v) is 6.00. The Balaban J connectivity index is 1.82. The third-order valence-electron chi connectivity index (χ3n) is 6.95. The third kappa shape index (κ3) is 2.00. The van der Waals surface area contributed by atoms with Gasteiger partial charge in [-0.1, -0.05) is 27.7 Å². The number of ether oxygens (including phenoxy) is 2. The van der Waals surface area contributed by atoms with Crippen LogP contribution in [0.3, 0.4) is 0 Å². The average molecular weight is 321 g/mol. The maximum Gasteiger partial charge on any atom is 0.227 e. The number of carbonyl (C=O) groups excluding carboxylic acids is 1. The molecule has 130 valence electrons. The highest BCUT2D eigenvalue weighted by Gasteiger charge is 2.72. The van der Waals surface area contributed by atoms with Crippen LogP contribution in [0.1, 0.15) is 60.3 Å². The van der Waals surface area contributed by atoms with Gasteiger partial charge in [0.05, 0.1) is 0 Å². The van der Waals surface area contributed by atoms with E-state index >= 15 is 0 Å². The summed E-state index contributed by atoms with van der Waals surface area (Å²) in [5, 5.41) is 0. The second kappa shape index (κ2) is 4.95. The molecule has 0 aromatic carbocycles. The van der Waals surface area contributed by atoms with Crippen LogP contribution in [-0.4, -0.2) is 35.0 Å². The van der Waals surface area contributed by atoms with Gasteiger partial charge in [-0.3, -0.25) is 4.79 Å². The van der Waals surface area contributed by atoms with E-state index in [1.165, 1.54) is 12.8 Å². The van der Waals surface area contributed by atoms with Crippen LogP contribution < -0.4 is 0 Å². The number of amides is 1. The minimum absolute atomic E-state index is 0.0454. The number of piperidine rings is 1. The molecule has 1 amide bonds. The molecule has 0 unspecified atom stereocenters. The Morgan fingerprint density at radius 2 is 1.96 bits per heavy atom. The van der Waals surface area contributed by atoms with Crippen molar-refractivity contribution in [2.75, 3.05) is 6.54 Å². The number of likely N-dealkylation sites (tertiary alicyclic amines) is 1. The van der Waals surface area contributed by atoms with Gasteiger partial charge in [0.1, 0.15) is 5.60 Å². The molecule has 0 aromatic rings. The number of hydrogen-bond donors (Lipinski definition) is 0. The Morgan fingerprint density at radius 1 is 1.22 bits per heavy atom. The van der Waals surface area contributed by atoms with Crippen LogP contribution >= 0.6 is 0 Å². The molecule has 3 aliphatic heterocycles. The molecule has 4 aliphatic rings. The van der Waals surface area contributed by atoms with Crippen LogP contribution in [0, 0.1) is 29.6 Å². The van der Waals surface area contributed by atoms with Crippen molar-refractivity contribution >= 4 is 5.91 Å². The van der Waals surface area contributed by atoms with Gasteiger partial charge in [-0.15, -0.1) is 0 Å². The molecule has 4 fully saturated rings. The van der Waals surface area contributed by atoms with E-state index in [1.54, 1.807) is 0 Å². The predicted molar refractivity (Wildman–Crippen MR) is 87.4 cm³/mol. The van der Waals surface area contributed by atoms with Gasteiger partial charge in [0.2, 0.25) is 5.91 Å². The van der Waals surface area contributed by atoms with Crippen LogP contribution in [0.15, 0.2) is 0 Å². The first-order valence-electron chi connectivity index (χ1n) is 9.47. The van der Waals surface area contributed by atoms with Crippen molar-refractivity contribution in [1.29, 1.82) is 0 Å². The monoisotopic (exact) mass is 321 g/mol. The van der Waals surface area contributed by atoms with Gasteiger partial charge in [0.25, 0.3) is 0 Å². The SMILES string of the molecule is CC(C)CN1C(=O)[C@H](C)[C@@H]2CC[C@@H](C)[C@@H]3CC[C@]4(C)O[C@@H]1[C@@]32O4. The highest BCUT2D eigenvalue weighted by atomic mass is 16.8. The van der Waals surface area contributed by atoms with Crippen molar-refractivity contribution < 1.29 is 14.3 Å². The van der Waals surface area contributed by atoms with E-state index in [2.05, 4.69) is 34.6 Å². The molecule has 4 rings (SSSR count). The number of carbonyl (C=O) groups is 1. The molecule has 3 saturated heterocycles. The normalized spacial score (nSPS) is 52.0. The summed E-state index contributed by atoms with van der Waals surface area (Å²) in [5.41, 5.74) is -0.271. The van der Waals surface area contributed by atoms with Crippen molar-refractivity contribution in [3.05, 3.63) is 0 Å².